The molecule has 0 atom stereocenters. The van der Waals surface area contributed by atoms with Crippen molar-refractivity contribution in [1.82, 2.24) is 10.3 Å². The molecule has 1 aromatic heterocycles. The summed E-state index contributed by atoms with van der Waals surface area (Å²) in [6.07, 6.45) is 9.17. The van der Waals surface area contributed by atoms with Crippen LogP contribution in [0.2, 0.25) is 0 Å². The van der Waals surface area contributed by atoms with Crippen molar-refractivity contribution in [3.63, 3.8) is 0 Å². The Balaban J connectivity index is 2.59. The minimum atomic E-state index is 0.892. The lowest BCUT2D eigenvalue weighted by Gasteiger charge is -2.22. The fourth-order valence-electron chi connectivity index (χ4n) is 1.92. The molecule has 0 aliphatic carbocycles. The summed E-state index contributed by atoms with van der Waals surface area (Å²) < 4.78 is 0. The molecule has 0 aliphatic rings. The first-order chi connectivity index (χ1) is 8.79. The maximum absolute atomic E-state index is 4.22. The lowest BCUT2D eigenvalue weighted by Crippen LogP contribution is -2.22. The second-order valence-corrected chi connectivity index (χ2v) is 4.53. The normalized spacial score (nSPS) is 10.3. The number of nitrogens with zero attached hydrogens (tertiary/aromatic N) is 2. The first-order valence-corrected chi connectivity index (χ1v) is 6.75. The van der Waals surface area contributed by atoms with E-state index >= 15 is 0 Å². The van der Waals surface area contributed by atoms with Gasteiger partial charge in [-0.05, 0) is 31.9 Å². The Bertz CT molecular complexity index is 349. The molecule has 0 saturated heterocycles. The summed E-state index contributed by atoms with van der Waals surface area (Å²) in [6.45, 7) is 8.93. The monoisotopic (exact) mass is 247 g/mol. The van der Waals surface area contributed by atoms with Crippen molar-refractivity contribution in [3.05, 3.63) is 36.7 Å². The molecule has 100 valence electrons. The zero-order valence-corrected chi connectivity index (χ0v) is 11.7. The van der Waals surface area contributed by atoms with E-state index in [1.54, 1.807) is 0 Å². The molecule has 3 heteroatoms. The Hall–Kier alpha value is -1.35. The molecular formula is C15H25N3. The van der Waals surface area contributed by atoms with Crippen molar-refractivity contribution < 1.29 is 0 Å². The Morgan fingerprint density at radius 2 is 2.33 bits per heavy atom. The van der Waals surface area contributed by atoms with E-state index < -0.39 is 0 Å². The average molecular weight is 247 g/mol. The topological polar surface area (TPSA) is 28.2 Å². The van der Waals surface area contributed by atoms with Gasteiger partial charge in [-0.1, -0.05) is 13.0 Å². The third kappa shape index (κ3) is 4.88. The van der Waals surface area contributed by atoms with Crippen LogP contribution < -0.4 is 10.2 Å². The SMILES string of the molecule is C=CCCCN(C)c1ccncc1CNCCC. The number of hydrogen-bond donors (Lipinski definition) is 1. The zero-order chi connectivity index (χ0) is 13.2. The van der Waals surface area contributed by atoms with Crippen molar-refractivity contribution in [2.45, 2.75) is 32.7 Å². The van der Waals surface area contributed by atoms with Crippen LogP contribution in [0.1, 0.15) is 31.7 Å². The maximum atomic E-state index is 4.22. The second-order valence-electron chi connectivity index (χ2n) is 4.53. The molecule has 0 amide bonds. The van der Waals surface area contributed by atoms with Crippen LogP contribution >= 0.6 is 0 Å². The first kappa shape index (κ1) is 14.7. The predicted octanol–water partition coefficient (Wildman–Crippen LogP) is 2.98. The molecule has 3 nitrogen and oxygen atoms in total. The number of rotatable bonds is 9. The van der Waals surface area contributed by atoms with E-state index in [9.17, 15) is 0 Å². The Kier molecular flexibility index (Phi) is 7.11. The standard InChI is InChI=1S/C15H25N3/c1-4-6-7-11-18(3)15-8-10-17-13-14(15)12-16-9-5-2/h4,8,10,13,16H,1,5-7,9,11-12H2,2-3H3. The van der Waals surface area contributed by atoms with Gasteiger partial charge in [0.1, 0.15) is 0 Å². The highest BCUT2D eigenvalue weighted by molar-refractivity contribution is 5.51. The van der Waals surface area contributed by atoms with Gasteiger partial charge >= 0.3 is 0 Å². The van der Waals surface area contributed by atoms with Gasteiger partial charge in [-0.2, -0.15) is 0 Å². The van der Waals surface area contributed by atoms with Crippen LogP contribution in [-0.4, -0.2) is 25.1 Å². The van der Waals surface area contributed by atoms with Crippen LogP contribution in [0.4, 0.5) is 5.69 Å². The van der Waals surface area contributed by atoms with E-state index in [1.807, 2.05) is 18.5 Å². The van der Waals surface area contributed by atoms with Crippen molar-refractivity contribution in [3.8, 4) is 0 Å². The smallest absolute Gasteiger partial charge is 0.0440 e. The average Bonchev–Trinajstić information content (AvgIpc) is 2.40. The summed E-state index contributed by atoms with van der Waals surface area (Å²) in [5.41, 5.74) is 2.55. The molecule has 1 aromatic rings. The van der Waals surface area contributed by atoms with E-state index in [1.165, 1.54) is 11.3 Å². The third-order valence-electron chi connectivity index (χ3n) is 2.93. The number of nitrogens with one attached hydrogen (secondary N) is 1. The van der Waals surface area contributed by atoms with Crippen LogP contribution in [0.5, 0.6) is 0 Å². The van der Waals surface area contributed by atoms with Gasteiger partial charge in [-0.15, -0.1) is 6.58 Å². The second kappa shape index (κ2) is 8.70. The molecule has 18 heavy (non-hydrogen) atoms. The molecule has 1 rings (SSSR count). The number of hydrogen-bond acceptors (Lipinski definition) is 3. The lowest BCUT2D eigenvalue weighted by atomic mass is 10.2. The molecular weight excluding hydrogens is 222 g/mol. The Morgan fingerprint density at radius 1 is 1.50 bits per heavy atom. The molecule has 1 N–H and O–H groups in total. The van der Waals surface area contributed by atoms with E-state index in [-0.39, 0.29) is 0 Å². The summed E-state index contributed by atoms with van der Waals surface area (Å²) in [5.74, 6) is 0. The number of anilines is 1. The lowest BCUT2D eigenvalue weighted by molar-refractivity contribution is 0.671. The van der Waals surface area contributed by atoms with Gasteiger partial charge in [0.25, 0.3) is 0 Å². The third-order valence-corrected chi connectivity index (χ3v) is 2.93. The molecule has 1 heterocycles. The quantitative estimate of drug-likeness (QED) is 0.537. The predicted molar refractivity (Wildman–Crippen MR) is 78.9 cm³/mol. The number of allylic oxidation sites excluding steroid dienone is 1. The Morgan fingerprint density at radius 3 is 3.06 bits per heavy atom. The maximum Gasteiger partial charge on any atom is 0.0440 e. The van der Waals surface area contributed by atoms with Crippen LogP contribution in [0.15, 0.2) is 31.1 Å². The summed E-state index contributed by atoms with van der Waals surface area (Å²) in [6, 6.07) is 2.09. The molecule has 0 saturated carbocycles. The minimum Gasteiger partial charge on any atom is -0.374 e. The molecule has 0 radical (unpaired) electrons. The van der Waals surface area contributed by atoms with E-state index in [0.29, 0.717) is 0 Å². The largest absolute Gasteiger partial charge is 0.374 e. The van der Waals surface area contributed by atoms with Gasteiger partial charge in [-0.3, -0.25) is 4.98 Å². The van der Waals surface area contributed by atoms with Gasteiger partial charge in [-0.25, -0.2) is 0 Å². The number of aromatic nitrogens is 1. The number of pyridine rings is 1. The highest BCUT2D eigenvalue weighted by atomic mass is 15.1. The molecule has 0 spiro atoms. The van der Waals surface area contributed by atoms with E-state index in [4.69, 9.17) is 0 Å². The highest BCUT2D eigenvalue weighted by Crippen LogP contribution is 2.18. The van der Waals surface area contributed by atoms with E-state index in [0.717, 1.165) is 38.9 Å². The fourth-order valence-corrected chi connectivity index (χ4v) is 1.92. The van der Waals surface area contributed by atoms with Gasteiger partial charge in [0, 0.05) is 43.8 Å². The molecule has 0 fully saturated rings. The van der Waals surface area contributed by atoms with Crippen LogP contribution in [0, 0.1) is 0 Å². The fraction of sp³-hybridized carbons (Fsp3) is 0.533. The van der Waals surface area contributed by atoms with Crippen LogP contribution in [0.25, 0.3) is 0 Å². The van der Waals surface area contributed by atoms with Crippen molar-refractivity contribution in [1.29, 1.82) is 0 Å². The summed E-state index contributed by atoms with van der Waals surface area (Å²) >= 11 is 0. The van der Waals surface area contributed by atoms with Crippen molar-refractivity contribution >= 4 is 5.69 Å². The molecule has 0 unspecified atom stereocenters. The molecule has 0 bridgehead atoms. The summed E-state index contributed by atoms with van der Waals surface area (Å²) in [7, 11) is 2.14. The van der Waals surface area contributed by atoms with Crippen molar-refractivity contribution in [2.75, 3.05) is 25.0 Å². The van der Waals surface area contributed by atoms with Gasteiger partial charge in [0.15, 0.2) is 0 Å². The van der Waals surface area contributed by atoms with Crippen molar-refractivity contribution in [2.24, 2.45) is 0 Å². The highest BCUT2D eigenvalue weighted by Gasteiger charge is 2.06. The van der Waals surface area contributed by atoms with Crippen LogP contribution in [0.3, 0.4) is 0 Å². The Labute approximate surface area is 111 Å². The molecule has 0 aromatic carbocycles. The van der Waals surface area contributed by atoms with Gasteiger partial charge in [0.05, 0.1) is 0 Å². The van der Waals surface area contributed by atoms with Gasteiger partial charge < -0.3 is 10.2 Å². The van der Waals surface area contributed by atoms with Gasteiger partial charge in [0.2, 0.25) is 0 Å². The van der Waals surface area contributed by atoms with E-state index in [2.05, 4.69) is 41.8 Å². The summed E-state index contributed by atoms with van der Waals surface area (Å²) in [5, 5.41) is 3.43. The summed E-state index contributed by atoms with van der Waals surface area (Å²) in [4.78, 5) is 6.52. The first-order valence-electron chi connectivity index (χ1n) is 6.75. The number of unbranched alkanes of at least 4 members (excludes halogenated alkanes) is 1. The van der Waals surface area contributed by atoms with Crippen LogP contribution in [-0.2, 0) is 6.54 Å². The minimum absolute atomic E-state index is 0.892. The zero-order valence-electron chi connectivity index (χ0n) is 11.7. The molecule has 0 aliphatic heterocycles.